The second kappa shape index (κ2) is 8.54. The first-order valence-electron chi connectivity index (χ1n) is 9.99. The van der Waals surface area contributed by atoms with Crippen LogP contribution in [0.2, 0.25) is 0 Å². The smallest absolute Gasteiger partial charge is 0.262 e. The molecule has 1 saturated heterocycles. The van der Waals surface area contributed by atoms with Gasteiger partial charge < -0.3 is 10.2 Å². The lowest BCUT2D eigenvalue weighted by atomic mass is 10.0. The van der Waals surface area contributed by atoms with E-state index in [0.29, 0.717) is 43.5 Å². The summed E-state index contributed by atoms with van der Waals surface area (Å²) in [5.74, 6) is -1.03. The molecule has 0 aromatic heterocycles. The molecule has 2 heterocycles. The summed E-state index contributed by atoms with van der Waals surface area (Å²) in [7, 11) is 0. The summed E-state index contributed by atoms with van der Waals surface area (Å²) in [5.41, 5.74) is 0.678. The second-order valence-electron chi connectivity index (χ2n) is 7.47. The van der Waals surface area contributed by atoms with Crippen LogP contribution in [-0.4, -0.2) is 58.6 Å². The summed E-state index contributed by atoms with van der Waals surface area (Å²) >= 11 is 0. The van der Waals surface area contributed by atoms with Crippen LogP contribution in [0, 0.1) is 0 Å². The van der Waals surface area contributed by atoms with Crippen LogP contribution in [0.5, 0.6) is 0 Å². The fourth-order valence-corrected chi connectivity index (χ4v) is 3.76. The molecule has 1 atom stereocenters. The van der Waals surface area contributed by atoms with E-state index < -0.39 is 17.9 Å². The van der Waals surface area contributed by atoms with Crippen molar-refractivity contribution in [2.75, 3.05) is 13.1 Å². The van der Waals surface area contributed by atoms with Crippen LogP contribution in [0.25, 0.3) is 0 Å². The molecule has 150 valence electrons. The molecule has 7 nitrogen and oxygen atoms in total. The van der Waals surface area contributed by atoms with Gasteiger partial charge in [-0.3, -0.25) is 24.1 Å². The van der Waals surface area contributed by atoms with Crippen molar-refractivity contribution < 1.29 is 19.2 Å². The van der Waals surface area contributed by atoms with Crippen molar-refractivity contribution in [3.05, 3.63) is 35.4 Å². The standard InChI is InChI=1S/C21H27N3O4/c1-3-4-9-18(25)23-12-10-15(11-13-23)22-19(26)14(2)24-20(27)16-7-5-6-8-17(16)21(24)28/h5-8,14-15H,3-4,9-13H2,1-2H3,(H,22,26). The highest BCUT2D eigenvalue weighted by molar-refractivity contribution is 6.22. The molecule has 2 aliphatic heterocycles. The Kier molecular flexibility index (Phi) is 6.11. The highest BCUT2D eigenvalue weighted by atomic mass is 16.2. The maximum atomic E-state index is 12.7. The number of hydrogen-bond donors (Lipinski definition) is 1. The van der Waals surface area contributed by atoms with E-state index in [0.717, 1.165) is 17.7 Å². The molecule has 28 heavy (non-hydrogen) atoms. The molecule has 0 radical (unpaired) electrons. The van der Waals surface area contributed by atoms with E-state index in [4.69, 9.17) is 0 Å². The van der Waals surface area contributed by atoms with E-state index in [1.54, 1.807) is 31.2 Å². The maximum absolute atomic E-state index is 12.7. The van der Waals surface area contributed by atoms with Crippen LogP contribution >= 0.6 is 0 Å². The molecule has 1 aromatic rings. The van der Waals surface area contributed by atoms with E-state index in [2.05, 4.69) is 12.2 Å². The van der Waals surface area contributed by atoms with Gasteiger partial charge in [-0.1, -0.05) is 25.5 Å². The molecule has 1 unspecified atom stereocenters. The Hall–Kier alpha value is -2.70. The normalized spacial score (nSPS) is 18.2. The van der Waals surface area contributed by atoms with Gasteiger partial charge in [-0.25, -0.2) is 0 Å². The lowest BCUT2D eigenvalue weighted by molar-refractivity contribution is -0.132. The Morgan fingerprint density at radius 2 is 1.68 bits per heavy atom. The lowest BCUT2D eigenvalue weighted by Gasteiger charge is -2.33. The van der Waals surface area contributed by atoms with Crippen molar-refractivity contribution >= 4 is 23.6 Å². The summed E-state index contributed by atoms with van der Waals surface area (Å²) in [6.45, 7) is 4.87. The van der Waals surface area contributed by atoms with Gasteiger partial charge in [0.05, 0.1) is 11.1 Å². The number of benzene rings is 1. The first kappa shape index (κ1) is 20.0. The van der Waals surface area contributed by atoms with Crippen LogP contribution in [0.1, 0.15) is 66.7 Å². The predicted octanol–water partition coefficient (Wildman–Crippen LogP) is 1.97. The molecule has 1 N–H and O–H groups in total. The maximum Gasteiger partial charge on any atom is 0.262 e. The SMILES string of the molecule is CCCCC(=O)N1CCC(NC(=O)C(C)N2C(=O)c3ccccc3C2=O)CC1. The number of piperidine rings is 1. The minimum Gasteiger partial charge on any atom is -0.351 e. The van der Waals surface area contributed by atoms with Crippen LogP contribution in [0.4, 0.5) is 0 Å². The second-order valence-corrected chi connectivity index (χ2v) is 7.47. The molecule has 0 bridgehead atoms. The number of unbranched alkanes of at least 4 members (excludes halogenated alkanes) is 1. The van der Waals surface area contributed by atoms with Gasteiger partial charge in [-0.15, -0.1) is 0 Å². The van der Waals surface area contributed by atoms with Crippen molar-refractivity contribution in [3.8, 4) is 0 Å². The van der Waals surface area contributed by atoms with Gasteiger partial charge in [0.15, 0.2) is 0 Å². The number of carbonyl (C=O) groups excluding carboxylic acids is 4. The Bertz CT molecular complexity index is 749. The summed E-state index contributed by atoms with van der Waals surface area (Å²) in [6, 6.07) is 5.68. The summed E-state index contributed by atoms with van der Waals surface area (Å²) in [4.78, 5) is 52.7. The van der Waals surface area contributed by atoms with E-state index in [1.165, 1.54) is 0 Å². The average molecular weight is 385 g/mol. The first-order valence-corrected chi connectivity index (χ1v) is 9.99. The number of amides is 4. The number of nitrogens with zero attached hydrogens (tertiary/aromatic N) is 2. The van der Waals surface area contributed by atoms with E-state index in [9.17, 15) is 19.2 Å². The number of likely N-dealkylation sites (tertiary alicyclic amines) is 1. The number of nitrogens with one attached hydrogen (secondary N) is 1. The van der Waals surface area contributed by atoms with Gasteiger partial charge in [0.25, 0.3) is 11.8 Å². The lowest BCUT2D eigenvalue weighted by Crippen LogP contribution is -2.53. The van der Waals surface area contributed by atoms with Crippen LogP contribution in [-0.2, 0) is 9.59 Å². The predicted molar refractivity (Wildman–Crippen MR) is 104 cm³/mol. The average Bonchev–Trinajstić information content (AvgIpc) is 2.96. The molecule has 7 heteroatoms. The minimum absolute atomic E-state index is 0.0552. The molecular formula is C21H27N3O4. The Labute approximate surface area is 165 Å². The monoisotopic (exact) mass is 385 g/mol. The fourth-order valence-electron chi connectivity index (χ4n) is 3.76. The van der Waals surface area contributed by atoms with E-state index >= 15 is 0 Å². The van der Waals surface area contributed by atoms with Gasteiger partial charge >= 0.3 is 0 Å². The number of hydrogen-bond acceptors (Lipinski definition) is 4. The Balaban J connectivity index is 1.54. The molecule has 0 saturated carbocycles. The number of fused-ring (bicyclic) bond motifs is 1. The van der Waals surface area contributed by atoms with Gasteiger partial charge in [-0.05, 0) is 38.3 Å². The van der Waals surface area contributed by atoms with E-state index in [1.807, 2.05) is 4.90 Å². The summed E-state index contributed by atoms with van der Waals surface area (Å²) < 4.78 is 0. The molecule has 3 rings (SSSR count). The summed E-state index contributed by atoms with van der Waals surface area (Å²) in [5, 5.41) is 2.94. The third kappa shape index (κ3) is 3.93. The van der Waals surface area contributed by atoms with Crippen molar-refractivity contribution in [1.82, 2.24) is 15.1 Å². The Morgan fingerprint density at radius 1 is 1.11 bits per heavy atom. The molecule has 0 spiro atoms. The van der Waals surface area contributed by atoms with Crippen molar-refractivity contribution in [2.24, 2.45) is 0 Å². The molecule has 4 amide bonds. The zero-order valence-corrected chi connectivity index (χ0v) is 16.4. The summed E-state index contributed by atoms with van der Waals surface area (Å²) in [6.07, 6.45) is 3.82. The highest BCUT2D eigenvalue weighted by Crippen LogP contribution is 2.24. The number of imide groups is 1. The van der Waals surface area contributed by atoms with Gasteiger partial charge in [-0.2, -0.15) is 0 Å². The first-order chi connectivity index (χ1) is 13.4. The molecule has 1 aromatic carbocycles. The quantitative estimate of drug-likeness (QED) is 0.759. The zero-order valence-electron chi connectivity index (χ0n) is 16.4. The van der Waals surface area contributed by atoms with Crippen molar-refractivity contribution in [2.45, 2.75) is 58.0 Å². The zero-order chi connectivity index (χ0) is 20.3. The van der Waals surface area contributed by atoms with Crippen molar-refractivity contribution in [3.63, 3.8) is 0 Å². The van der Waals surface area contributed by atoms with Crippen molar-refractivity contribution in [1.29, 1.82) is 0 Å². The Morgan fingerprint density at radius 3 is 2.21 bits per heavy atom. The van der Waals surface area contributed by atoms with Crippen LogP contribution in [0.3, 0.4) is 0 Å². The highest BCUT2D eigenvalue weighted by Gasteiger charge is 2.41. The number of carbonyl (C=O) groups is 4. The topological polar surface area (TPSA) is 86.8 Å². The largest absolute Gasteiger partial charge is 0.351 e. The third-order valence-electron chi connectivity index (χ3n) is 5.53. The third-order valence-corrected chi connectivity index (χ3v) is 5.53. The van der Waals surface area contributed by atoms with Gasteiger partial charge in [0.2, 0.25) is 11.8 Å². The van der Waals surface area contributed by atoms with Crippen LogP contribution in [0.15, 0.2) is 24.3 Å². The van der Waals surface area contributed by atoms with Gasteiger partial charge in [0.1, 0.15) is 6.04 Å². The molecule has 2 aliphatic rings. The molecule has 1 fully saturated rings. The minimum atomic E-state index is -0.878. The fraction of sp³-hybridized carbons (Fsp3) is 0.524. The molecular weight excluding hydrogens is 358 g/mol. The van der Waals surface area contributed by atoms with Crippen LogP contribution < -0.4 is 5.32 Å². The number of rotatable bonds is 6. The van der Waals surface area contributed by atoms with Gasteiger partial charge in [0, 0.05) is 25.6 Å². The van der Waals surface area contributed by atoms with E-state index in [-0.39, 0.29) is 17.9 Å². The molecule has 0 aliphatic carbocycles.